The molecule has 0 aromatic heterocycles. The molecule has 0 bridgehead atoms. The summed E-state index contributed by atoms with van der Waals surface area (Å²) in [5.74, 6) is 5.58. The zero-order valence-corrected chi connectivity index (χ0v) is 10.2. The lowest BCUT2D eigenvalue weighted by molar-refractivity contribution is 0.618. The van der Waals surface area contributed by atoms with Crippen molar-refractivity contribution in [3.8, 4) is 11.8 Å². The van der Waals surface area contributed by atoms with E-state index in [4.69, 9.17) is 0 Å². The predicted molar refractivity (Wildman–Crippen MR) is 63.9 cm³/mol. The van der Waals surface area contributed by atoms with Crippen molar-refractivity contribution >= 4 is 15.9 Å². The van der Waals surface area contributed by atoms with Gasteiger partial charge in [-0.3, -0.25) is 0 Å². The largest absolute Gasteiger partial charge is 0.312 e. The molecule has 3 heteroatoms. The Morgan fingerprint density at radius 2 is 2.27 bits per heavy atom. The fourth-order valence-corrected chi connectivity index (χ4v) is 1.58. The molecule has 0 aliphatic rings. The minimum Gasteiger partial charge on any atom is -0.312 e. The highest BCUT2D eigenvalue weighted by Gasteiger charge is 1.99. The van der Waals surface area contributed by atoms with E-state index in [2.05, 4.69) is 33.1 Å². The van der Waals surface area contributed by atoms with E-state index in [1.54, 1.807) is 12.1 Å². The van der Waals surface area contributed by atoms with Crippen molar-refractivity contribution < 1.29 is 4.39 Å². The second kappa shape index (κ2) is 6.60. The van der Waals surface area contributed by atoms with E-state index in [0.717, 1.165) is 25.1 Å². The minimum absolute atomic E-state index is 0.226. The Kier molecular flexibility index (Phi) is 5.38. The molecule has 1 nitrogen and oxygen atoms in total. The van der Waals surface area contributed by atoms with Gasteiger partial charge in [-0.25, -0.2) is 4.39 Å². The summed E-state index contributed by atoms with van der Waals surface area (Å²) in [6.45, 7) is 3.43. The molecule has 0 saturated carbocycles. The molecule has 0 atom stereocenters. The Labute approximate surface area is 98.2 Å². The van der Waals surface area contributed by atoms with Crippen LogP contribution in [0.2, 0.25) is 0 Å². The van der Waals surface area contributed by atoms with Crippen molar-refractivity contribution in [3.63, 3.8) is 0 Å². The van der Waals surface area contributed by atoms with Crippen LogP contribution in [0, 0.1) is 17.7 Å². The molecular formula is C12H13BrFN. The van der Waals surface area contributed by atoms with Gasteiger partial charge in [-0.05, 0) is 40.5 Å². The number of nitrogens with one attached hydrogen (secondary N) is 1. The van der Waals surface area contributed by atoms with E-state index in [1.807, 2.05) is 6.92 Å². The van der Waals surface area contributed by atoms with Gasteiger partial charge in [-0.1, -0.05) is 6.07 Å². The molecule has 0 unspecified atom stereocenters. The van der Waals surface area contributed by atoms with Gasteiger partial charge in [0.1, 0.15) is 5.82 Å². The normalized spacial score (nSPS) is 9.53. The van der Waals surface area contributed by atoms with E-state index in [0.29, 0.717) is 4.47 Å². The smallest absolute Gasteiger partial charge is 0.137 e. The monoisotopic (exact) mass is 269 g/mol. The fraction of sp³-hybridized carbons (Fsp3) is 0.333. The lowest BCUT2D eigenvalue weighted by Crippen LogP contribution is -2.14. The molecular weight excluding hydrogens is 257 g/mol. The van der Waals surface area contributed by atoms with Crippen LogP contribution in [0.4, 0.5) is 4.39 Å². The van der Waals surface area contributed by atoms with E-state index in [1.165, 1.54) is 6.07 Å². The van der Waals surface area contributed by atoms with Crippen LogP contribution in [0.15, 0.2) is 22.7 Å². The lowest BCUT2D eigenvalue weighted by Gasteiger charge is -2.03. The Morgan fingerprint density at radius 3 is 2.93 bits per heavy atom. The van der Waals surface area contributed by atoms with Crippen molar-refractivity contribution in [2.75, 3.05) is 6.54 Å². The summed E-state index contributed by atoms with van der Waals surface area (Å²) in [5, 5.41) is 3.24. The minimum atomic E-state index is -0.226. The summed E-state index contributed by atoms with van der Waals surface area (Å²) in [4.78, 5) is 0. The van der Waals surface area contributed by atoms with Crippen molar-refractivity contribution in [3.05, 3.63) is 34.1 Å². The second-order valence-electron chi connectivity index (χ2n) is 3.10. The molecule has 0 radical (unpaired) electrons. The molecule has 1 rings (SSSR count). The SMILES string of the molecule is CC#CCCNCc1ccc(F)c(Br)c1. The van der Waals surface area contributed by atoms with Crippen LogP contribution in [0.5, 0.6) is 0 Å². The first kappa shape index (κ1) is 12.2. The van der Waals surface area contributed by atoms with Crippen molar-refractivity contribution in [2.45, 2.75) is 19.9 Å². The van der Waals surface area contributed by atoms with E-state index in [-0.39, 0.29) is 5.82 Å². The third-order valence-corrected chi connectivity index (χ3v) is 2.52. The quantitative estimate of drug-likeness (QED) is 0.655. The standard InChI is InChI=1S/C12H13BrFN/c1-2-3-4-7-15-9-10-5-6-12(14)11(13)8-10/h5-6,8,15H,4,7,9H2,1H3. The molecule has 0 spiro atoms. The third kappa shape index (κ3) is 4.46. The highest BCUT2D eigenvalue weighted by molar-refractivity contribution is 9.10. The van der Waals surface area contributed by atoms with Crippen LogP contribution >= 0.6 is 15.9 Å². The molecule has 80 valence electrons. The molecule has 0 fully saturated rings. The van der Waals surface area contributed by atoms with E-state index < -0.39 is 0 Å². The van der Waals surface area contributed by atoms with Crippen molar-refractivity contribution in [1.82, 2.24) is 5.32 Å². The Bertz CT molecular complexity index is 379. The molecule has 0 saturated heterocycles. The second-order valence-corrected chi connectivity index (χ2v) is 3.96. The summed E-state index contributed by atoms with van der Waals surface area (Å²) >= 11 is 3.15. The maximum absolute atomic E-state index is 12.9. The molecule has 15 heavy (non-hydrogen) atoms. The van der Waals surface area contributed by atoms with Gasteiger partial charge in [-0.15, -0.1) is 11.8 Å². The van der Waals surface area contributed by atoms with Gasteiger partial charge in [-0.2, -0.15) is 0 Å². The maximum atomic E-state index is 12.9. The molecule has 0 aliphatic heterocycles. The average molecular weight is 270 g/mol. The van der Waals surface area contributed by atoms with Gasteiger partial charge in [0.05, 0.1) is 4.47 Å². The third-order valence-electron chi connectivity index (χ3n) is 1.92. The first-order chi connectivity index (χ1) is 7.24. The molecule has 0 heterocycles. The summed E-state index contributed by atoms with van der Waals surface area (Å²) in [7, 11) is 0. The number of halogens is 2. The highest BCUT2D eigenvalue weighted by Crippen LogP contribution is 2.16. The molecule has 1 aromatic rings. The fourth-order valence-electron chi connectivity index (χ4n) is 1.16. The van der Waals surface area contributed by atoms with E-state index >= 15 is 0 Å². The van der Waals surface area contributed by atoms with Crippen LogP contribution < -0.4 is 5.32 Å². The average Bonchev–Trinajstić information content (AvgIpc) is 2.23. The Morgan fingerprint density at radius 1 is 1.47 bits per heavy atom. The maximum Gasteiger partial charge on any atom is 0.137 e. The summed E-state index contributed by atoms with van der Waals surface area (Å²) in [6, 6.07) is 5.03. The van der Waals surface area contributed by atoms with Gasteiger partial charge in [0.15, 0.2) is 0 Å². The molecule has 1 N–H and O–H groups in total. The topological polar surface area (TPSA) is 12.0 Å². The summed E-state index contributed by atoms with van der Waals surface area (Å²) < 4.78 is 13.4. The van der Waals surface area contributed by atoms with Gasteiger partial charge in [0.2, 0.25) is 0 Å². The van der Waals surface area contributed by atoms with Crippen LogP contribution in [-0.4, -0.2) is 6.54 Å². The number of hydrogen-bond donors (Lipinski definition) is 1. The number of hydrogen-bond acceptors (Lipinski definition) is 1. The van der Waals surface area contributed by atoms with Crippen LogP contribution in [0.1, 0.15) is 18.9 Å². The Balaban J connectivity index is 2.36. The Hall–Kier alpha value is -0.850. The number of benzene rings is 1. The summed E-state index contributed by atoms with van der Waals surface area (Å²) in [6.07, 6.45) is 0.846. The van der Waals surface area contributed by atoms with Gasteiger partial charge >= 0.3 is 0 Å². The zero-order valence-electron chi connectivity index (χ0n) is 8.61. The lowest BCUT2D eigenvalue weighted by atomic mass is 10.2. The zero-order chi connectivity index (χ0) is 11.1. The van der Waals surface area contributed by atoms with Crippen LogP contribution in [0.3, 0.4) is 0 Å². The van der Waals surface area contributed by atoms with E-state index in [9.17, 15) is 4.39 Å². The van der Waals surface area contributed by atoms with Gasteiger partial charge in [0.25, 0.3) is 0 Å². The van der Waals surface area contributed by atoms with Crippen molar-refractivity contribution in [2.24, 2.45) is 0 Å². The van der Waals surface area contributed by atoms with Crippen LogP contribution in [0.25, 0.3) is 0 Å². The highest BCUT2D eigenvalue weighted by atomic mass is 79.9. The number of rotatable bonds is 4. The van der Waals surface area contributed by atoms with Gasteiger partial charge in [0, 0.05) is 19.5 Å². The first-order valence-electron chi connectivity index (χ1n) is 4.78. The predicted octanol–water partition coefficient (Wildman–Crippen LogP) is 3.09. The molecule has 0 amide bonds. The van der Waals surface area contributed by atoms with Crippen molar-refractivity contribution in [1.29, 1.82) is 0 Å². The summed E-state index contributed by atoms with van der Waals surface area (Å²) in [5.41, 5.74) is 1.06. The first-order valence-corrected chi connectivity index (χ1v) is 5.57. The van der Waals surface area contributed by atoms with Crippen LogP contribution in [-0.2, 0) is 6.54 Å². The molecule has 1 aromatic carbocycles. The van der Waals surface area contributed by atoms with Gasteiger partial charge < -0.3 is 5.32 Å². The molecule has 0 aliphatic carbocycles.